The molecular formula is C18H17Cl2N5. The summed E-state index contributed by atoms with van der Waals surface area (Å²) < 4.78 is 0. The van der Waals surface area contributed by atoms with Crippen LogP contribution in [0.3, 0.4) is 0 Å². The monoisotopic (exact) mass is 373 g/mol. The van der Waals surface area contributed by atoms with Gasteiger partial charge in [0.25, 0.3) is 0 Å². The second-order valence-corrected chi connectivity index (χ2v) is 6.34. The van der Waals surface area contributed by atoms with Crippen LogP contribution in [0.2, 0.25) is 10.0 Å². The molecule has 128 valence electrons. The lowest BCUT2D eigenvalue weighted by Gasteiger charge is -2.17. The van der Waals surface area contributed by atoms with Crippen LogP contribution < -0.4 is 10.2 Å². The first-order valence-corrected chi connectivity index (χ1v) is 8.52. The number of rotatable bonds is 6. The van der Waals surface area contributed by atoms with Gasteiger partial charge in [-0.05, 0) is 48.4 Å². The van der Waals surface area contributed by atoms with E-state index in [4.69, 9.17) is 23.2 Å². The molecule has 7 heteroatoms. The van der Waals surface area contributed by atoms with E-state index in [2.05, 4.69) is 20.3 Å². The lowest BCUT2D eigenvalue weighted by molar-refractivity contribution is 0.837. The average Bonchev–Trinajstić information content (AvgIpc) is 2.64. The Balaban J connectivity index is 1.66. The Morgan fingerprint density at radius 2 is 1.80 bits per heavy atom. The number of benzene rings is 1. The molecule has 1 aromatic carbocycles. The number of hydrogen-bond donors (Lipinski definition) is 1. The zero-order valence-electron chi connectivity index (χ0n) is 13.7. The Labute approximate surface area is 156 Å². The smallest absolute Gasteiger partial charge is 0.227 e. The Morgan fingerprint density at radius 3 is 2.56 bits per heavy atom. The predicted octanol–water partition coefficient (Wildman–Crippen LogP) is 4.60. The minimum atomic E-state index is 0.496. The van der Waals surface area contributed by atoms with E-state index in [0.717, 1.165) is 18.7 Å². The molecule has 0 bridgehead atoms. The maximum atomic E-state index is 6.04. The number of nitrogens with zero attached hydrogens (tertiary/aromatic N) is 4. The number of likely N-dealkylation sites (N-methyl/N-ethyl adjacent to an activating group) is 1. The first-order valence-electron chi connectivity index (χ1n) is 7.77. The maximum Gasteiger partial charge on any atom is 0.227 e. The third-order valence-electron chi connectivity index (χ3n) is 3.66. The maximum absolute atomic E-state index is 6.04. The van der Waals surface area contributed by atoms with Gasteiger partial charge in [-0.3, -0.25) is 4.98 Å². The second kappa shape index (κ2) is 8.14. The van der Waals surface area contributed by atoms with Gasteiger partial charge in [-0.15, -0.1) is 0 Å². The summed E-state index contributed by atoms with van der Waals surface area (Å²) in [5, 5.41) is 4.23. The lowest BCUT2D eigenvalue weighted by Crippen LogP contribution is -2.22. The molecule has 3 rings (SSSR count). The summed E-state index contributed by atoms with van der Waals surface area (Å²) in [7, 11) is 1.97. The lowest BCUT2D eigenvalue weighted by atomic mass is 10.2. The number of anilines is 3. The van der Waals surface area contributed by atoms with Crippen molar-refractivity contribution < 1.29 is 0 Å². The molecule has 0 aliphatic rings. The SMILES string of the molecule is CN(CCc1ccncc1)c1nccc(Nc2ccc(Cl)c(Cl)c2)n1. The average molecular weight is 374 g/mol. The van der Waals surface area contributed by atoms with E-state index in [0.29, 0.717) is 21.8 Å². The van der Waals surface area contributed by atoms with Gasteiger partial charge in [0.15, 0.2) is 0 Å². The van der Waals surface area contributed by atoms with E-state index in [1.54, 1.807) is 30.7 Å². The molecule has 1 N–H and O–H groups in total. The molecule has 0 saturated heterocycles. The van der Waals surface area contributed by atoms with Gasteiger partial charge < -0.3 is 10.2 Å². The molecular weight excluding hydrogens is 357 g/mol. The molecule has 2 heterocycles. The van der Waals surface area contributed by atoms with Crippen LogP contribution in [0, 0.1) is 0 Å². The first-order chi connectivity index (χ1) is 12.1. The minimum absolute atomic E-state index is 0.496. The predicted molar refractivity (Wildman–Crippen MR) is 103 cm³/mol. The van der Waals surface area contributed by atoms with Crippen molar-refractivity contribution in [2.75, 3.05) is 23.8 Å². The van der Waals surface area contributed by atoms with Gasteiger partial charge in [0.2, 0.25) is 5.95 Å². The van der Waals surface area contributed by atoms with Crippen molar-refractivity contribution in [3.05, 3.63) is 70.6 Å². The third-order valence-corrected chi connectivity index (χ3v) is 4.40. The van der Waals surface area contributed by atoms with Gasteiger partial charge in [0.1, 0.15) is 5.82 Å². The molecule has 0 aliphatic carbocycles. The zero-order chi connectivity index (χ0) is 17.6. The number of nitrogens with one attached hydrogen (secondary N) is 1. The fraction of sp³-hybridized carbons (Fsp3) is 0.167. The standard InChI is InChI=1S/C18H17Cl2N5/c1-25(11-7-13-4-8-21-9-5-13)18-22-10-6-17(24-18)23-14-2-3-15(19)16(20)12-14/h2-6,8-10,12H,7,11H2,1H3,(H,22,23,24). The van der Waals surface area contributed by atoms with Gasteiger partial charge in [-0.25, -0.2) is 4.98 Å². The van der Waals surface area contributed by atoms with Gasteiger partial charge in [0.05, 0.1) is 10.0 Å². The van der Waals surface area contributed by atoms with Gasteiger partial charge in [-0.2, -0.15) is 4.98 Å². The molecule has 0 spiro atoms. The molecule has 0 fully saturated rings. The highest BCUT2D eigenvalue weighted by Crippen LogP contribution is 2.26. The Bertz CT molecular complexity index is 842. The molecule has 0 amide bonds. The van der Waals surface area contributed by atoms with E-state index >= 15 is 0 Å². The van der Waals surface area contributed by atoms with Crippen LogP contribution >= 0.6 is 23.2 Å². The normalized spacial score (nSPS) is 10.5. The van der Waals surface area contributed by atoms with E-state index in [1.165, 1.54) is 5.56 Å². The quantitative estimate of drug-likeness (QED) is 0.683. The molecule has 0 atom stereocenters. The second-order valence-electron chi connectivity index (χ2n) is 5.52. The number of hydrogen-bond acceptors (Lipinski definition) is 5. The number of aromatic nitrogens is 3. The van der Waals surface area contributed by atoms with Crippen LogP contribution in [-0.2, 0) is 6.42 Å². The van der Waals surface area contributed by atoms with Crippen LogP contribution in [0.1, 0.15) is 5.56 Å². The van der Waals surface area contributed by atoms with Crippen molar-refractivity contribution in [1.82, 2.24) is 15.0 Å². The third kappa shape index (κ3) is 4.81. The number of pyridine rings is 1. The van der Waals surface area contributed by atoms with Crippen molar-refractivity contribution in [2.45, 2.75) is 6.42 Å². The van der Waals surface area contributed by atoms with Crippen LogP contribution in [0.25, 0.3) is 0 Å². The molecule has 0 aliphatic heterocycles. The molecule has 0 radical (unpaired) electrons. The van der Waals surface area contributed by atoms with Crippen LogP contribution in [0.4, 0.5) is 17.5 Å². The summed E-state index contributed by atoms with van der Waals surface area (Å²) in [5.41, 5.74) is 2.05. The largest absolute Gasteiger partial charge is 0.343 e. The summed E-state index contributed by atoms with van der Waals surface area (Å²) in [6, 6.07) is 11.2. The summed E-state index contributed by atoms with van der Waals surface area (Å²) in [4.78, 5) is 14.9. The Morgan fingerprint density at radius 1 is 1.00 bits per heavy atom. The van der Waals surface area contributed by atoms with Crippen molar-refractivity contribution in [3.63, 3.8) is 0 Å². The fourth-order valence-electron chi connectivity index (χ4n) is 2.27. The van der Waals surface area contributed by atoms with Crippen LogP contribution in [0.5, 0.6) is 0 Å². The topological polar surface area (TPSA) is 53.9 Å². The van der Waals surface area contributed by atoms with Crippen molar-refractivity contribution in [3.8, 4) is 0 Å². The summed E-state index contributed by atoms with van der Waals surface area (Å²) >= 11 is 12.0. The summed E-state index contributed by atoms with van der Waals surface area (Å²) in [6.45, 7) is 0.806. The first kappa shape index (κ1) is 17.5. The fourth-order valence-corrected chi connectivity index (χ4v) is 2.57. The molecule has 2 aromatic heterocycles. The highest BCUT2D eigenvalue weighted by molar-refractivity contribution is 6.42. The van der Waals surface area contributed by atoms with Crippen LogP contribution in [-0.4, -0.2) is 28.5 Å². The van der Waals surface area contributed by atoms with Crippen molar-refractivity contribution in [1.29, 1.82) is 0 Å². The molecule has 3 aromatic rings. The number of halogens is 2. The highest BCUT2D eigenvalue weighted by atomic mass is 35.5. The van der Waals surface area contributed by atoms with E-state index in [9.17, 15) is 0 Å². The molecule has 5 nitrogen and oxygen atoms in total. The van der Waals surface area contributed by atoms with E-state index < -0.39 is 0 Å². The zero-order valence-corrected chi connectivity index (χ0v) is 15.2. The summed E-state index contributed by atoms with van der Waals surface area (Å²) in [6.07, 6.45) is 6.22. The van der Waals surface area contributed by atoms with E-state index in [1.807, 2.05) is 36.2 Å². The van der Waals surface area contributed by atoms with Crippen molar-refractivity contribution in [2.24, 2.45) is 0 Å². The van der Waals surface area contributed by atoms with E-state index in [-0.39, 0.29) is 0 Å². The molecule has 0 unspecified atom stereocenters. The minimum Gasteiger partial charge on any atom is -0.343 e. The Hall–Kier alpha value is -2.37. The van der Waals surface area contributed by atoms with Gasteiger partial charge in [-0.1, -0.05) is 23.2 Å². The molecule has 0 saturated carbocycles. The van der Waals surface area contributed by atoms with Crippen LogP contribution in [0.15, 0.2) is 55.0 Å². The van der Waals surface area contributed by atoms with Gasteiger partial charge >= 0.3 is 0 Å². The summed E-state index contributed by atoms with van der Waals surface area (Å²) in [5.74, 6) is 1.35. The highest BCUT2D eigenvalue weighted by Gasteiger charge is 2.07. The van der Waals surface area contributed by atoms with Gasteiger partial charge in [0, 0.05) is 37.9 Å². The Kier molecular flexibility index (Phi) is 5.68. The van der Waals surface area contributed by atoms with Crippen molar-refractivity contribution >= 4 is 40.7 Å². The molecule has 25 heavy (non-hydrogen) atoms.